The molecule has 1 aliphatic heterocycles. The Hall–Kier alpha value is -3.03. The Labute approximate surface area is 192 Å². The molecular formula is C24H27ClN2O5. The summed E-state index contributed by atoms with van der Waals surface area (Å²) >= 11 is 6.13. The molecule has 1 N–H and O–H groups in total. The molecule has 0 saturated carbocycles. The largest absolute Gasteiger partial charge is 0.507 e. The van der Waals surface area contributed by atoms with Crippen molar-refractivity contribution in [1.29, 1.82) is 0 Å². The zero-order chi connectivity index (χ0) is 23.4. The van der Waals surface area contributed by atoms with Crippen LogP contribution in [0.1, 0.15) is 23.6 Å². The fourth-order valence-electron chi connectivity index (χ4n) is 3.81. The van der Waals surface area contributed by atoms with Crippen LogP contribution in [0.5, 0.6) is 11.5 Å². The van der Waals surface area contributed by atoms with Gasteiger partial charge in [-0.1, -0.05) is 23.7 Å². The Morgan fingerprint density at radius 2 is 1.78 bits per heavy atom. The number of carbonyl (C=O) groups is 2. The van der Waals surface area contributed by atoms with Crippen LogP contribution in [-0.4, -0.2) is 68.0 Å². The van der Waals surface area contributed by atoms with Gasteiger partial charge >= 0.3 is 0 Å². The summed E-state index contributed by atoms with van der Waals surface area (Å²) in [7, 11) is 6.91. The third-order valence-electron chi connectivity index (χ3n) is 5.39. The van der Waals surface area contributed by atoms with Crippen molar-refractivity contribution < 1.29 is 24.2 Å². The second-order valence-corrected chi connectivity index (χ2v) is 8.20. The molecule has 0 spiro atoms. The lowest BCUT2D eigenvalue weighted by atomic mass is 9.95. The molecule has 2 aromatic carbocycles. The van der Waals surface area contributed by atoms with Gasteiger partial charge in [-0.05, 0) is 63.0 Å². The molecule has 0 aliphatic carbocycles. The fraction of sp³-hybridized carbons (Fsp3) is 0.333. The number of hydrogen-bond donors (Lipinski definition) is 1. The van der Waals surface area contributed by atoms with Crippen molar-refractivity contribution in [2.24, 2.45) is 0 Å². The summed E-state index contributed by atoms with van der Waals surface area (Å²) in [5.74, 6) is -0.713. The number of hydrogen-bond acceptors (Lipinski definition) is 6. The quantitative estimate of drug-likeness (QED) is 0.369. The van der Waals surface area contributed by atoms with E-state index >= 15 is 0 Å². The van der Waals surface area contributed by atoms with Crippen LogP contribution < -0.4 is 9.47 Å². The molecule has 1 unspecified atom stereocenters. The van der Waals surface area contributed by atoms with Crippen molar-refractivity contribution in [3.63, 3.8) is 0 Å². The van der Waals surface area contributed by atoms with Crippen molar-refractivity contribution in [3.8, 4) is 11.5 Å². The van der Waals surface area contributed by atoms with Crippen molar-refractivity contribution in [2.45, 2.75) is 12.5 Å². The average molecular weight is 459 g/mol. The highest BCUT2D eigenvalue weighted by Gasteiger charge is 2.46. The maximum Gasteiger partial charge on any atom is 0.295 e. The molecule has 2 aromatic rings. The molecule has 0 radical (unpaired) electrons. The fourth-order valence-corrected chi connectivity index (χ4v) is 3.98. The number of methoxy groups -OCH3 is 2. The standard InChI is InChI=1S/C24H27ClN2O5/c1-26(2)12-5-13-27-21(15-6-9-17(31-3)10-7-15)20(23(29)24(27)30)22(28)18-14-16(25)8-11-19(18)32-4/h6-11,14,21,28H,5,12-13H2,1-4H3/b22-20+. The molecule has 0 bridgehead atoms. The van der Waals surface area contributed by atoms with Crippen LogP contribution in [0.2, 0.25) is 5.02 Å². The summed E-state index contributed by atoms with van der Waals surface area (Å²) in [4.78, 5) is 29.6. The molecule has 7 nitrogen and oxygen atoms in total. The number of carbonyl (C=O) groups excluding carboxylic acids is 2. The molecule has 0 aromatic heterocycles. The Kier molecular flexibility index (Phi) is 7.43. The first-order valence-electron chi connectivity index (χ1n) is 10.2. The van der Waals surface area contributed by atoms with Gasteiger partial charge in [0.05, 0.1) is 31.4 Å². The minimum absolute atomic E-state index is 0.00517. The summed E-state index contributed by atoms with van der Waals surface area (Å²) in [5.41, 5.74) is 0.952. The molecule has 3 rings (SSSR count). The van der Waals surface area contributed by atoms with Gasteiger partial charge in [0.15, 0.2) is 0 Å². The number of amides is 1. The number of halogens is 1. The number of ketones is 1. The maximum absolute atomic E-state index is 13.1. The number of aliphatic hydroxyl groups excluding tert-OH is 1. The van der Waals surface area contributed by atoms with Crippen LogP contribution in [0.15, 0.2) is 48.0 Å². The lowest BCUT2D eigenvalue weighted by molar-refractivity contribution is -0.139. The molecule has 1 fully saturated rings. The van der Waals surface area contributed by atoms with Gasteiger partial charge in [0, 0.05) is 11.6 Å². The Bertz CT molecular complexity index is 1030. The zero-order valence-corrected chi connectivity index (χ0v) is 19.3. The van der Waals surface area contributed by atoms with E-state index in [-0.39, 0.29) is 16.9 Å². The monoisotopic (exact) mass is 458 g/mol. The van der Waals surface area contributed by atoms with Crippen molar-refractivity contribution in [3.05, 3.63) is 64.2 Å². The third kappa shape index (κ3) is 4.74. The van der Waals surface area contributed by atoms with Gasteiger partial charge in [0.25, 0.3) is 11.7 Å². The average Bonchev–Trinajstić information content (AvgIpc) is 3.03. The number of Topliss-reactive ketones (excluding diaryl/α,β-unsaturated/α-hetero) is 1. The highest BCUT2D eigenvalue weighted by molar-refractivity contribution is 6.46. The number of ether oxygens (including phenoxy) is 2. The molecule has 1 amide bonds. The van der Waals surface area contributed by atoms with Crippen molar-refractivity contribution in [1.82, 2.24) is 9.80 Å². The number of benzene rings is 2. The predicted molar refractivity (Wildman–Crippen MR) is 123 cm³/mol. The Morgan fingerprint density at radius 1 is 1.09 bits per heavy atom. The van der Waals surface area contributed by atoms with E-state index in [1.54, 1.807) is 43.5 Å². The van der Waals surface area contributed by atoms with Crippen molar-refractivity contribution in [2.75, 3.05) is 41.4 Å². The van der Waals surface area contributed by atoms with Gasteiger partial charge in [-0.3, -0.25) is 9.59 Å². The Balaban J connectivity index is 2.15. The summed E-state index contributed by atoms with van der Waals surface area (Å²) in [6, 6.07) is 11.1. The lowest BCUT2D eigenvalue weighted by Crippen LogP contribution is -2.32. The molecule has 8 heteroatoms. The van der Waals surface area contributed by atoms with E-state index in [1.165, 1.54) is 18.1 Å². The number of rotatable bonds is 8. The molecule has 1 atom stereocenters. The number of likely N-dealkylation sites (tertiary alicyclic amines) is 1. The molecular weight excluding hydrogens is 432 g/mol. The van der Waals surface area contributed by atoms with Crippen LogP contribution in [0.4, 0.5) is 0 Å². The van der Waals surface area contributed by atoms with Crippen LogP contribution in [-0.2, 0) is 9.59 Å². The van der Waals surface area contributed by atoms with E-state index in [1.807, 2.05) is 19.0 Å². The Morgan fingerprint density at radius 3 is 2.38 bits per heavy atom. The first-order chi connectivity index (χ1) is 15.3. The molecule has 170 valence electrons. The van der Waals surface area contributed by atoms with Crippen LogP contribution in [0.3, 0.4) is 0 Å². The summed E-state index contributed by atoms with van der Waals surface area (Å²) in [6.45, 7) is 1.11. The summed E-state index contributed by atoms with van der Waals surface area (Å²) in [5, 5.41) is 11.6. The lowest BCUT2D eigenvalue weighted by Gasteiger charge is -2.26. The van der Waals surface area contributed by atoms with Crippen LogP contribution in [0.25, 0.3) is 5.76 Å². The van der Waals surface area contributed by atoms with E-state index in [4.69, 9.17) is 21.1 Å². The van der Waals surface area contributed by atoms with Gasteiger partial charge in [-0.15, -0.1) is 0 Å². The first kappa shape index (κ1) is 23.6. The van der Waals surface area contributed by atoms with E-state index in [9.17, 15) is 14.7 Å². The predicted octanol–water partition coefficient (Wildman–Crippen LogP) is 3.73. The topological polar surface area (TPSA) is 79.3 Å². The van der Waals surface area contributed by atoms with Gasteiger partial charge in [0.2, 0.25) is 0 Å². The zero-order valence-electron chi connectivity index (χ0n) is 18.6. The normalized spacial score (nSPS) is 17.8. The van der Waals surface area contributed by atoms with E-state index in [2.05, 4.69) is 0 Å². The SMILES string of the molecule is COc1ccc(C2/C(=C(\O)c3cc(Cl)ccc3OC)C(=O)C(=O)N2CCCN(C)C)cc1. The second kappa shape index (κ2) is 10.1. The molecule has 1 saturated heterocycles. The maximum atomic E-state index is 13.1. The minimum Gasteiger partial charge on any atom is -0.507 e. The van der Waals surface area contributed by atoms with Crippen LogP contribution in [0, 0.1) is 0 Å². The number of aliphatic hydroxyl groups is 1. The molecule has 1 heterocycles. The molecule has 32 heavy (non-hydrogen) atoms. The first-order valence-corrected chi connectivity index (χ1v) is 10.6. The van der Waals surface area contributed by atoms with E-state index in [0.29, 0.717) is 35.1 Å². The van der Waals surface area contributed by atoms with Crippen LogP contribution >= 0.6 is 11.6 Å². The van der Waals surface area contributed by atoms with Gasteiger partial charge < -0.3 is 24.4 Å². The van der Waals surface area contributed by atoms with Crippen molar-refractivity contribution >= 4 is 29.1 Å². The number of nitrogens with zero attached hydrogens (tertiary/aromatic N) is 2. The smallest absolute Gasteiger partial charge is 0.295 e. The highest BCUT2D eigenvalue weighted by atomic mass is 35.5. The van der Waals surface area contributed by atoms with Gasteiger partial charge in [-0.2, -0.15) is 0 Å². The van der Waals surface area contributed by atoms with Gasteiger partial charge in [-0.25, -0.2) is 0 Å². The van der Waals surface area contributed by atoms with E-state index < -0.39 is 17.7 Å². The van der Waals surface area contributed by atoms with Gasteiger partial charge in [0.1, 0.15) is 17.3 Å². The highest BCUT2D eigenvalue weighted by Crippen LogP contribution is 2.41. The minimum atomic E-state index is -0.744. The molecule has 1 aliphatic rings. The summed E-state index contributed by atoms with van der Waals surface area (Å²) < 4.78 is 10.6. The summed E-state index contributed by atoms with van der Waals surface area (Å²) in [6.07, 6.45) is 0.674. The third-order valence-corrected chi connectivity index (χ3v) is 5.63. The second-order valence-electron chi connectivity index (χ2n) is 7.77. The van der Waals surface area contributed by atoms with E-state index in [0.717, 1.165) is 6.54 Å².